The number of aryl methyl sites for hydroxylation is 1. The Morgan fingerprint density at radius 2 is 1.96 bits per heavy atom. The lowest BCUT2D eigenvalue weighted by Crippen LogP contribution is -2.15. The zero-order valence-corrected chi connectivity index (χ0v) is 16.0. The molecule has 5 nitrogen and oxygen atoms in total. The Hall–Kier alpha value is -2.99. The lowest BCUT2D eigenvalue weighted by molar-refractivity contribution is 0.0508. The number of anilines is 1. The summed E-state index contributed by atoms with van der Waals surface area (Å²) in [4.78, 5) is 29.1. The Labute approximate surface area is 162 Å². The molecule has 0 atom stereocenters. The zero-order valence-electron chi connectivity index (χ0n) is 15.2. The van der Waals surface area contributed by atoms with E-state index in [1.807, 2.05) is 43.5 Å². The number of hydrogen-bond acceptors (Lipinski definition) is 5. The molecule has 0 saturated carbocycles. The minimum Gasteiger partial charge on any atom is -0.462 e. The van der Waals surface area contributed by atoms with E-state index in [2.05, 4.69) is 10.3 Å². The van der Waals surface area contributed by atoms with Crippen LogP contribution in [0.3, 0.4) is 0 Å². The Balaban J connectivity index is 1.98. The minimum absolute atomic E-state index is 0.292. The number of rotatable bonds is 6. The SMILES string of the molecule is CCCOC(=O)c1c(-c2cccc(C)c2)csc1NC(=O)c1ccncc1. The van der Waals surface area contributed by atoms with E-state index in [1.54, 1.807) is 24.5 Å². The van der Waals surface area contributed by atoms with Gasteiger partial charge >= 0.3 is 5.97 Å². The van der Waals surface area contributed by atoms with Gasteiger partial charge in [0.25, 0.3) is 5.91 Å². The van der Waals surface area contributed by atoms with Crippen LogP contribution in [0.4, 0.5) is 5.00 Å². The fourth-order valence-corrected chi connectivity index (χ4v) is 3.58. The first-order valence-corrected chi connectivity index (χ1v) is 9.55. The van der Waals surface area contributed by atoms with Crippen molar-refractivity contribution >= 4 is 28.2 Å². The van der Waals surface area contributed by atoms with Gasteiger partial charge in [-0.3, -0.25) is 9.78 Å². The van der Waals surface area contributed by atoms with E-state index in [-0.39, 0.29) is 5.91 Å². The monoisotopic (exact) mass is 380 g/mol. The molecule has 1 N–H and O–H groups in total. The number of nitrogens with zero attached hydrogens (tertiary/aromatic N) is 1. The molecule has 0 aliphatic rings. The van der Waals surface area contributed by atoms with Gasteiger partial charge in [0.1, 0.15) is 10.6 Å². The third kappa shape index (κ3) is 4.41. The average Bonchev–Trinajstić information content (AvgIpc) is 3.10. The number of aromatic nitrogens is 1. The van der Waals surface area contributed by atoms with Crippen LogP contribution in [0.5, 0.6) is 0 Å². The number of carbonyl (C=O) groups excluding carboxylic acids is 2. The van der Waals surface area contributed by atoms with Crippen LogP contribution in [0.1, 0.15) is 39.6 Å². The molecule has 0 bridgehead atoms. The van der Waals surface area contributed by atoms with Crippen molar-refractivity contribution < 1.29 is 14.3 Å². The highest BCUT2D eigenvalue weighted by Gasteiger charge is 2.23. The lowest BCUT2D eigenvalue weighted by atomic mass is 10.0. The van der Waals surface area contributed by atoms with Crippen LogP contribution < -0.4 is 5.32 Å². The Morgan fingerprint density at radius 1 is 1.19 bits per heavy atom. The first-order chi connectivity index (χ1) is 13.1. The van der Waals surface area contributed by atoms with Crippen molar-refractivity contribution in [2.24, 2.45) is 0 Å². The second kappa shape index (κ2) is 8.60. The average molecular weight is 380 g/mol. The van der Waals surface area contributed by atoms with E-state index in [0.717, 1.165) is 23.1 Å². The Bertz CT molecular complexity index is 951. The van der Waals surface area contributed by atoms with Crippen LogP contribution in [0.15, 0.2) is 54.2 Å². The number of pyridine rings is 1. The van der Waals surface area contributed by atoms with Crippen LogP contribution in [0, 0.1) is 6.92 Å². The molecule has 0 saturated heterocycles. The summed E-state index contributed by atoms with van der Waals surface area (Å²) >= 11 is 1.31. The van der Waals surface area contributed by atoms with Gasteiger partial charge in [-0.15, -0.1) is 11.3 Å². The van der Waals surface area contributed by atoms with Gasteiger partial charge in [0, 0.05) is 28.9 Å². The number of benzene rings is 1. The largest absolute Gasteiger partial charge is 0.462 e. The number of esters is 1. The molecule has 0 spiro atoms. The topological polar surface area (TPSA) is 68.3 Å². The summed E-state index contributed by atoms with van der Waals surface area (Å²) in [7, 11) is 0. The highest BCUT2D eigenvalue weighted by Crippen LogP contribution is 2.36. The van der Waals surface area contributed by atoms with Crippen LogP contribution in [0.2, 0.25) is 0 Å². The third-order valence-corrected chi connectivity index (χ3v) is 4.83. The van der Waals surface area contributed by atoms with E-state index in [0.29, 0.717) is 22.7 Å². The van der Waals surface area contributed by atoms with Crippen LogP contribution >= 0.6 is 11.3 Å². The molecular weight excluding hydrogens is 360 g/mol. The van der Waals surface area contributed by atoms with Gasteiger partial charge in [0.2, 0.25) is 0 Å². The molecule has 3 rings (SSSR count). The second-order valence-electron chi connectivity index (χ2n) is 6.05. The van der Waals surface area contributed by atoms with Crippen molar-refractivity contribution in [3.8, 4) is 11.1 Å². The number of carbonyl (C=O) groups is 2. The molecule has 0 aliphatic heterocycles. The molecule has 0 aliphatic carbocycles. The standard InChI is InChI=1S/C21H20N2O3S/c1-3-11-26-21(25)18-17(16-6-4-5-14(2)12-16)13-27-20(18)23-19(24)15-7-9-22-10-8-15/h4-10,12-13H,3,11H2,1-2H3,(H,23,24). The van der Waals surface area contributed by atoms with Crippen LogP contribution in [-0.2, 0) is 4.74 Å². The number of hydrogen-bond donors (Lipinski definition) is 1. The maximum absolute atomic E-state index is 12.7. The molecule has 138 valence electrons. The van der Waals surface area contributed by atoms with Crippen molar-refractivity contribution in [3.05, 3.63) is 70.9 Å². The van der Waals surface area contributed by atoms with Gasteiger partial charge in [-0.2, -0.15) is 0 Å². The van der Waals surface area contributed by atoms with E-state index in [1.165, 1.54) is 11.3 Å². The van der Waals surface area contributed by atoms with Crippen molar-refractivity contribution in [1.29, 1.82) is 0 Å². The first-order valence-electron chi connectivity index (χ1n) is 8.67. The summed E-state index contributed by atoms with van der Waals surface area (Å²) in [6, 6.07) is 11.1. The van der Waals surface area contributed by atoms with E-state index < -0.39 is 5.97 Å². The molecule has 0 radical (unpaired) electrons. The van der Waals surface area contributed by atoms with Gasteiger partial charge in [0.15, 0.2) is 0 Å². The molecule has 1 aromatic carbocycles. The first kappa shape index (κ1) is 18.8. The fourth-order valence-electron chi connectivity index (χ4n) is 2.62. The zero-order chi connectivity index (χ0) is 19.2. The summed E-state index contributed by atoms with van der Waals surface area (Å²) < 4.78 is 5.36. The van der Waals surface area contributed by atoms with Crippen molar-refractivity contribution in [1.82, 2.24) is 4.98 Å². The number of nitrogens with one attached hydrogen (secondary N) is 1. The highest BCUT2D eigenvalue weighted by molar-refractivity contribution is 7.15. The predicted molar refractivity (Wildman–Crippen MR) is 107 cm³/mol. The fraction of sp³-hybridized carbons (Fsp3) is 0.190. The normalized spacial score (nSPS) is 10.4. The number of amides is 1. The van der Waals surface area contributed by atoms with E-state index in [4.69, 9.17) is 4.74 Å². The van der Waals surface area contributed by atoms with Crippen LogP contribution in [0.25, 0.3) is 11.1 Å². The third-order valence-electron chi connectivity index (χ3n) is 3.93. The summed E-state index contributed by atoms with van der Waals surface area (Å²) in [6.45, 7) is 4.27. The van der Waals surface area contributed by atoms with Crippen LogP contribution in [-0.4, -0.2) is 23.5 Å². The molecular formula is C21H20N2O3S. The summed E-state index contributed by atoms with van der Waals surface area (Å²) in [6.07, 6.45) is 3.84. The summed E-state index contributed by atoms with van der Waals surface area (Å²) in [5.41, 5.74) is 3.63. The molecule has 2 heterocycles. The van der Waals surface area contributed by atoms with E-state index >= 15 is 0 Å². The van der Waals surface area contributed by atoms with Crippen molar-refractivity contribution in [2.45, 2.75) is 20.3 Å². The smallest absolute Gasteiger partial charge is 0.341 e. The molecule has 2 aromatic heterocycles. The van der Waals surface area contributed by atoms with Gasteiger partial charge in [-0.1, -0.05) is 36.8 Å². The van der Waals surface area contributed by atoms with Gasteiger partial charge in [0.05, 0.1) is 6.61 Å². The minimum atomic E-state index is -0.431. The Morgan fingerprint density at radius 3 is 2.67 bits per heavy atom. The highest BCUT2D eigenvalue weighted by atomic mass is 32.1. The van der Waals surface area contributed by atoms with Crippen molar-refractivity contribution in [2.75, 3.05) is 11.9 Å². The molecule has 3 aromatic rings. The second-order valence-corrected chi connectivity index (χ2v) is 6.93. The Kier molecular flexibility index (Phi) is 5.98. The molecule has 0 unspecified atom stereocenters. The quantitative estimate of drug-likeness (QED) is 0.615. The molecule has 0 fully saturated rings. The molecule has 27 heavy (non-hydrogen) atoms. The molecule has 6 heteroatoms. The molecule has 1 amide bonds. The predicted octanol–water partition coefficient (Wildman–Crippen LogP) is 4.94. The van der Waals surface area contributed by atoms with Gasteiger partial charge in [-0.05, 0) is 31.0 Å². The lowest BCUT2D eigenvalue weighted by Gasteiger charge is -2.10. The van der Waals surface area contributed by atoms with Crippen molar-refractivity contribution in [3.63, 3.8) is 0 Å². The summed E-state index contributed by atoms with van der Waals surface area (Å²) in [5.74, 6) is -0.723. The number of thiophene rings is 1. The van der Waals surface area contributed by atoms with Gasteiger partial charge in [-0.25, -0.2) is 4.79 Å². The maximum Gasteiger partial charge on any atom is 0.341 e. The number of ether oxygens (including phenoxy) is 1. The summed E-state index contributed by atoms with van der Waals surface area (Å²) in [5, 5.41) is 5.20. The maximum atomic E-state index is 12.7. The van der Waals surface area contributed by atoms with E-state index in [9.17, 15) is 9.59 Å². The van der Waals surface area contributed by atoms with Gasteiger partial charge < -0.3 is 10.1 Å².